The molecule has 2 rings (SSSR count). The third-order valence-electron chi connectivity index (χ3n) is 3.32. The first-order valence-electron chi connectivity index (χ1n) is 5.99. The average Bonchev–Trinajstić information content (AvgIpc) is 2.36. The monoisotopic (exact) mass is 292 g/mol. The SMILES string of the molecule is Cc1ccc([C@@H](CF)N2CCNCC2)cc1Cl.Cl. The molecular formula is C13H19Cl2FN2. The molecule has 0 bridgehead atoms. The van der Waals surface area contributed by atoms with Gasteiger partial charge in [0.25, 0.3) is 0 Å². The molecule has 1 N–H and O–H groups in total. The number of piperazine rings is 1. The molecule has 2 nitrogen and oxygen atoms in total. The van der Waals surface area contributed by atoms with Gasteiger partial charge in [0.05, 0.1) is 6.04 Å². The highest BCUT2D eigenvalue weighted by Gasteiger charge is 2.22. The second-order valence-corrected chi connectivity index (χ2v) is 4.87. The van der Waals surface area contributed by atoms with Gasteiger partial charge in [0.2, 0.25) is 0 Å². The van der Waals surface area contributed by atoms with E-state index in [1.807, 2.05) is 25.1 Å². The number of aryl methyl sites for hydroxylation is 1. The Kier molecular flexibility index (Phi) is 6.36. The van der Waals surface area contributed by atoms with Gasteiger partial charge in [-0.1, -0.05) is 23.7 Å². The summed E-state index contributed by atoms with van der Waals surface area (Å²) in [6.45, 7) is 5.23. The molecule has 0 amide bonds. The highest BCUT2D eigenvalue weighted by molar-refractivity contribution is 6.31. The zero-order valence-electron chi connectivity index (χ0n) is 10.5. The molecule has 1 saturated heterocycles. The van der Waals surface area contributed by atoms with Gasteiger partial charge in [0.1, 0.15) is 6.67 Å². The van der Waals surface area contributed by atoms with Crippen molar-refractivity contribution >= 4 is 24.0 Å². The van der Waals surface area contributed by atoms with Crippen molar-refractivity contribution in [3.8, 4) is 0 Å². The number of alkyl halides is 1. The van der Waals surface area contributed by atoms with Gasteiger partial charge in [0, 0.05) is 31.2 Å². The van der Waals surface area contributed by atoms with E-state index in [2.05, 4.69) is 10.2 Å². The van der Waals surface area contributed by atoms with Gasteiger partial charge in [-0.3, -0.25) is 4.90 Å². The molecule has 1 aliphatic rings. The van der Waals surface area contributed by atoms with Crippen LogP contribution in [0.4, 0.5) is 4.39 Å². The molecule has 1 aliphatic heterocycles. The molecular weight excluding hydrogens is 274 g/mol. The summed E-state index contributed by atoms with van der Waals surface area (Å²) in [5.74, 6) is 0. The van der Waals surface area contributed by atoms with Gasteiger partial charge in [-0.15, -0.1) is 12.4 Å². The molecule has 0 unspecified atom stereocenters. The summed E-state index contributed by atoms with van der Waals surface area (Å²) < 4.78 is 13.3. The van der Waals surface area contributed by atoms with Crippen molar-refractivity contribution in [2.45, 2.75) is 13.0 Å². The zero-order chi connectivity index (χ0) is 12.3. The van der Waals surface area contributed by atoms with Crippen molar-refractivity contribution in [3.63, 3.8) is 0 Å². The van der Waals surface area contributed by atoms with Crippen LogP contribution in [0.15, 0.2) is 18.2 Å². The first kappa shape index (κ1) is 15.7. The minimum atomic E-state index is -0.362. The Balaban J connectivity index is 0.00000162. The van der Waals surface area contributed by atoms with Gasteiger partial charge in [-0.25, -0.2) is 4.39 Å². The normalized spacial score (nSPS) is 18.2. The van der Waals surface area contributed by atoms with Crippen molar-refractivity contribution in [2.75, 3.05) is 32.9 Å². The largest absolute Gasteiger partial charge is 0.314 e. The van der Waals surface area contributed by atoms with E-state index in [0.717, 1.165) is 42.3 Å². The van der Waals surface area contributed by atoms with Gasteiger partial charge in [0.15, 0.2) is 0 Å². The van der Waals surface area contributed by atoms with Crippen LogP contribution in [0.1, 0.15) is 17.2 Å². The molecule has 0 saturated carbocycles. The Morgan fingerprint density at radius 1 is 1.39 bits per heavy atom. The first-order valence-corrected chi connectivity index (χ1v) is 6.37. The Morgan fingerprint density at radius 3 is 2.61 bits per heavy atom. The van der Waals surface area contributed by atoms with Crippen LogP contribution in [0.25, 0.3) is 0 Å². The van der Waals surface area contributed by atoms with E-state index < -0.39 is 0 Å². The molecule has 5 heteroatoms. The first-order chi connectivity index (χ1) is 8.22. The third-order valence-corrected chi connectivity index (χ3v) is 3.73. The number of rotatable bonds is 3. The molecule has 1 heterocycles. The fraction of sp³-hybridized carbons (Fsp3) is 0.538. The van der Waals surface area contributed by atoms with Gasteiger partial charge in [-0.05, 0) is 24.1 Å². The van der Waals surface area contributed by atoms with E-state index in [-0.39, 0.29) is 25.1 Å². The maximum Gasteiger partial charge on any atom is 0.109 e. The Morgan fingerprint density at radius 2 is 2.06 bits per heavy atom. The summed E-state index contributed by atoms with van der Waals surface area (Å²) in [5.41, 5.74) is 2.01. The molecule has 1 fully saturated rings. The van der Waals surface area contributed by atoms with Crippen LogP contribution in [-0.2, 0) is 0 Å². The van der Waals surface area contributed by atoms with Crippen LogP contribution in [0, 0.1) is 6.92 Å². The summed E-state index contributed by atoms with van der Waals surface area (Å²) in [5, 5.41) is 3.99. The minimum absolute atomic E-state index is 0. The minimum Gasteiger partial charge on any atom is -0.314 e. The van der Waals surface area contributed by atoms with Crippen molar-refractivity contribution in [1.82, 2.24) is 10.2 Å². The maximum atomic E-state index is 13.3. The molecule has 0 aliphatic carbocycles. The van der Waals surface area contributed by atoms with E-state index in [4.69, 9.17) is 11.6 Å². The highest BCUT2D eigenvalue weighted by atomic mass is 35.5. The van der Waals surface area contributed by atoms with Crippen LogP contribution in [0.3, 0.4) is 0 Å². The number of benzene rings is 1. The van der Waals surface area contributed by atoms with Crippen LogP contribution in [0.2, 0.25) is 5.02 Å². The van der Waals surface area contributed by atoms with Crippen molar-refractivity contribution < 1.29 is 4.39 Å². The number of nitrogens with zero attached hydrogens (tertiary/aromatic N) is 1. The molecule has 18 heavy (non-hydrogen) atoms. The molecule has 102 valence electrons. The van der Waals surface area contributed by atoms with Crippen molar-refractivity contribution in [1.29, 1.82) is 0 Å². The van der Waals surface area contributed by atoms with E-state index in [1.165, 1.54) is 0 Å². The van der Waals surface area contributed by atoms with Gasteiger partial charge in [-0.2, -0.15) is 0 Å². The molecule has 1 aromatic rings. The predicted octanol–water partition coefficient (Wildman–Crippen LogP) is 2.99. The maximum absolute atomic E-state index is 13.3. The van der Waals surface area contributed by atoms with Crippen LogP contribution in [-0.4, -0.2) is 37.8 Å². The number of hydrogen-bond donors (Lipinski definition) is 1. The Labute approximate surface area is 119 Å². The standard InChI is InChI=1S/C13H18ClFN2.ClH/c1-10-2-3-11(8-12(10)14)13(9-15)17-6-4-16-5-7-17;/h2-3,8,13,16H,4-7,9H2,1H3;1H/t13-;/m1./s1. The number of nitrogens with one attached hydrogen (secondary N) is 1. The zero-order valence-corrected chi connectivity index (χ0v) is 12.0. The summed E-state index contributed by atoms with van der Waals surface area (Å²) >= 11 is 6.10. The molecule has 0 radical (unpaired) electrons. The number of hydrogen-bond acceptors (Lipinski definition) is 2. The third kappa shape index (κ3) is 3.58. The predicted molar refractivity (Wildman–Crippen MR) is 76.6 cm³/mol. The average molecular weight is 293 g/mol. The van der Waals surface area contributed by atoms with E-state index in [9.17, 15) is 4.39 Å². The smallest absolute Gasteiger partial charge is 0.109 e. The molecule has 1 atom stereocenters. The lowest BCUT2D eigenvalue weighted by atomic mass is 10.0. The second-order valence-electron chi connectivity index (χ2n) is 4.46. The topological polar surface area (TPSA) is 15.3 Å². The van der Waals surface area contributed by atoms with Gasteiger partial charge >= 0.3 is 0 Å². The van der Waals surface area contributed by atoms with E-state index in [0.29, 0.717) is 0 Å². The van der Waals surface area contributed by atoms with Crippen LogP contribution in [0.5, 0.6) is 0 Å². The molecule has 0 aromatic heterocycles. The fourth-order valence-electron chi connectivity index (χ4n) is 2.21. The molecule has 0 spiro atoms. The fourth-order valence-corrected chi connectivity index (χ4v) is 2.40. The summed E-state index contributed by atoms with van der Waals surface area (Å²) in [7, 11) is 0. The summed E-state index contributed by atoms with van der Waals surface area (Å²) in [6, 6.07) is 5.68. The van der Waals surface area contributed by atoms with Gasteiger partial charge < -0.3 is 5.32 Å². The van der Waals surface area contributed by atoms with Crippen LogP contribution >= 0.6 is 24.0 Å². The lowest BCUT2D eigenvalue weighted by molar-refractivity contribution is 0.147. The molecule has 1 aromatic carbocycles. The lowest BCUT2D eigenvalue weighted by Crippen LogP contribution is -2.45. The number of halogens is 3. The van der Waals surface area contributed by atoms with Crippen molar-refractivity contribution in [2.24, 2.45) is 0 Å². The van der Waals surface area contributed by atoms with Crippen molar-refractivity contribution in [3.05, 3.63) is 34.3 Å². The summed E-state index contributed by atoms with van der Waals surface area (Å²) in [6.07, 6.45) is 0. The highest BCUT2D eigenvalue weighted by Crippen LogP contribution is 2.26. The second kappa shape index (κ2) is 7.29. The Hall–Kier alpha value is -0.350. The van der Waals surface area contributed by atoms with E-state index >= 15 is 0 Å². The lowest BCUT2D eigenvalue weighted by Gasteiger charge is -2.33. The quantitative estimate of drug-likeness (QED) is 0.921. The summed E-state index contributed by atoms with van der Waals surface area (Å²) in [4.78, 5) is 2.18. The van der Waals surface area contributed by atoms with E-state index in [1.54, 1.807) is 0 Å². The Bertz CT molecular complexity index is 381. The van der Waals surface area contributed by atoms with Crippen LogP contribution < -0.4 is 5.32 Å².